The number of benzene rings is 1. The maximum atomic E-state index is 13.3. The van der Waals surface area contributed by atoms with Crippen molar-refractivity contribution in [2.75, 3.05) is 19.6 Å². The maximum Gasteiger partial charge on any atom is 0.261 e. The number of aromatic nitrogens is 1. The first kappa shape index (κ1) is 19.3. The minimum absolute atomic E-state index is 0.0265. The molecule has 0 spiro atoms. The fourth-order valence-electron chi connectivity index (χ4n) is 3.18. The van der Waals surface area contributed by atoms with Crippen LogP contribution in [0.1, 0.15) is 35.1 Å². The van der Waals surface area contributed by atoms with Gasteiger partial charge in [-0.15, -0.1) is 11.3 Å². The number of amides is 1. The standard InChI is InChI=1S/C20H22FN3O2S/c1-3-24(4-2)17(18-6-5-9-27-18)12-22-19(25)15-10-13-7-8-14(21)11-16(13)23-20(15)26/h5-11,17H,3-4,12H2,1-2H3,(H,22,25)(H,23,26). The number of thiophene rings is 1. The molecule has 3 aromatic rings. The molecule has 0 aliphatic rings. The monoisotopic (exact) mass is 387 g/mol. The lowest BCUT2D eigenvalue weighted by atomic mass is 10.1. The summed E-state index contributed by atoms with van der Waals surface area (Å²) in [4.78, 5) is 30.9. The Labute approximate surface area is 160 Å². The van der Waals surface area contributed by atoms with Crippen molar-refractivity contribution < 1.29 is 9.18 Å². The third kappa shape index (κ3) is 4.26. The topological polar surface area (TPSA) is 65.2 Å². The van der Waals surface area contributed by atoms with Gasteiger partial charge >= 0.3 is 0 Å². The molecule has 2 heterocycles. The van der Waals surface area contributed by atoms with E-state index in [0.717, 1.165) is 13.1 Å². The molecule has 1 aromatic carbocycles. The highest BCUT2D eigenvalue weighted by Crippen LogP contribution is 2.24. The Morgan fingerprint density at radius 3 is 2.70 bits per heavy atom. The van der Waals surface area contributed by atoms with Gasteiger partial charge in [0, 0.05) is 11.4 Å². The Hall–Kier alpha value is -2.51. The summed E-state index contributed by atoms with van der Waals surface area (Å²) in [5.74, 6) is -0.871. The predicted octanol–water partition coefficient (Wildman–Crippen LogP) is 3.54. The van der Waals surface area contributed by atoms with Crippen LogP contribution in [0.3, 0.4) is 0 Å². The van der Waals surface area contributed by atoms with Crippen LogP contribution < -0.4 is 10.9 Å². The Morgan fingerprint density at radius 2 is 2.04 bits per heavy atom. The van der Waals surface area contributed by atoms with Gasteiger partial charge in [0.15, 0.2) is 0 Å². The average molecular weight is 387 g/mol. The van der Waals surface area contributed by atoms with Crippen molar-refractivity contribution in [3.05, 3.63) is 68.4 Å². The van der Waals surface area contributed by atoms with E-state index in [9.17, 15) is 14.0 Å². The number of aromatic amines is 1. The first-order valence-corrected chi connectivity index (χ1v) is 9.79. The fraction of sp³-hybridized carbons (Fsp3) is 0.300. The van der Waals surface area contributed by atoms with Crippen LogP contribution >= 0.6 is 11.3 Å². The molecule has 5 nitrogen and oxygen atoms in total. The summed E-state index contributed by atoms with van der Waals surface area (Å²) in [5.41, 5.74) is -0.129. The van der Waals surface area contributed by atoms with Gasteiger partial charge in [-0.25, -0.2) is 4.39 Å². The van der Waals surface area contributed by atoms with Crippen molar-refractivity contribution in [1.82, 2.24) is 15.2 Å². The SMILES string of the molecule is CCN(CC)C(CNC(=O)c1cc2ccc(F)cc2[nH]c1=O)c1cccs1. The van der Waals surface area contributed by atoms with Gasteiger partial charge in [0.2, 0.25) is 0 Å². The van der Waals surface area contributed by atoms with Crippen LogP contribution in [0.15, 0.2) is 46.6 Å². The summed E-state index contributed by atoms with van der Waals surface area (Å²) in [6.07, 6.45) is 0. The Morgan fingerprint density at radius 1 is 1.26 bits per heavy atom. The molecular weight excluding hydrogens is 365 g/mol. The van der Waals surface area contributed by atoms with E-state index in [1.165, 1.54) is 23.1 Å². The third-order valence-electron chi connectivity index (χ3n) is 4.63. The number of nitrogens with one attached hydrogen (secondary N) is 2. The van der Waals surface area contributed by atoms with Crippen LogP contribution in [0.2, 0.25) is 0 Å². The van der Waals surface area contributed by atoms with Gasteiger partial charge in [0.05, 0.1) is 11.6 Å². The summed E-state index contributed by atoms with van der Waals surface area (Å²) in [5, 5.41) is 5.51. The quantitative estimate of drug-likeness (QED) is 0.652. The summed E-state index contributed by atoms with van der Waals surface area (Å²) in [6.45, 7) is 6.29. The van der Waals surface area contributed by atoms with E-state index >= 15 is 0 Å². The van der Waals surface area contributed by atoms with E-state index in [2.05, 4.69) is 35.1 Å². The van der Waals surface area contributed by atoms with Crippen molar-refractivity contribution in [2.45, 2.75) is 19.9 Å². The number of hydrogen-bond donors (Lipinski definition) is 2. The zero-order chi connectivity index (χ0) is 19.4. The highest BCUT2D eigenvalue weighted by atomic mass is 32.1. The average Bonchev–Trinajstić information content (AvgIpc) is 3.18. The van der Waals surface area contributed by atoms with E-state index in [-0.39, 0.29) is 11.6 Å². The normalized spacial score (nSPS) is 12.4. The van der Waals surface area contributed by atoms with E-state index in [1.54, 1.807) is 17.4 Å². The number of H-pyrrole nitrogens is 1. The first-order chi connectivity index (χ1) is 13.0. The van der Waals surface area contributed by atoms with Gasteiger partial charge in [-0.1, -0.05) is 19.9 Å². The number of likely N-dealkylation sites (N-methyl/N-ethyl adjacent to an activating group) is 1. The zero-order valence-corrected chi connectivity index (χ0v) is 16.1. The minimum Gasteiger partial charge on any atom is -0.350 e. The number of rotatable bonds is 7. The van der Waals surface area contributed by atoms with E-state index in [1.807, 2.05) is 11.4 Å². The Balaban J connectivity index is 1.81. The molecule has 0 bridgehead atoms. The number of fused-ring (bicyclic) bond motifs is 1. The lowest BCUT2D eigenvalue weighted by molar-refractivity contribution is 0.0934. The molecule has 0 saturated heterocycles. The maximum absolute atomic E-state index is 13.3. The highest BCUT2D eigenvalue weighted by Gasteiger charge is 2.21. The second-order valence-electron chi connectivity index (χ2n) is 6.21. The molecule has 27 heavy (non-hydrogen) atoms. The van der Waals surface area contributed by atoms with Crippen molar-refractivity contribution in [1.29, 1.82) is 0 Å². The summed E-state index contributed by atoms with van der Waals surface area (Å²) in [6, 6.07) is 9.68. The zero-order valence-electron chi connectivity index (χ0n) is 15.3. The third-order valence-corrected chi connectivity index (χ3v) is 5.61. The summed E-state index contributed by atoms with van der Waals surface area (Å²) < 4.78 is 13.3. The van der Waals surface area contributed by atoms with Crippen LogP contribution in [0.25, 0.3) is 10.9 Å². The number of halogens is 1. The molecule has 1 amide bonds. The fourth-order valence-corrected chi connectivity index (χ4v) is 4.04. The number of nitrogens with zero attached hydrogens (tertiary/aromatic N) is 1. The van der Waals surface area contributed by atoms with E-state index < -0.39 is 17.3 Å². The molecule has 0 aliphatic carbocycles. The second kappa shape index (κ2) is 8.45. The molecule has 0 radical (unpaired) electrons. The van der Waals surface area contributed by atoms with Crippen molar-refractivity contribution in [2.24, 2.45) is 0 Å². The van der Waals surface area contributed by atoms with Crippen molar-refractivity contribution >= 4 is 28.1 Å². The molecule has 2 N–H and O–H groups in total. The Kier molecular flexibility index (Phi) is 6.03. The number of carbonyl (C=O) groups is 1. The van der Waals surface area contributed by atoms with Gasteiger partial charge in [0.1, 0.15) is 11.4 Å². The van der Waals surface area contributed by atoms with Crippen LogP contribution in [0, 0.1) is 5.82 Å². The molecule has 0 aliphatic heterocycles. The lowest BCUT2D eigenvalue weighted by Crippen LogP contribution is -2.39. The number of hydrogen-bond acceptors (Lipinski definition) is 4. The molecule has 0 saturated carbocycles. The van der Waals surface area contributed by atoms with Crippen molar-refractivity contribution in [3.63, 3.8) is 0 Å². The largest absolute Gasteiger partial charge is 0.350 e. The number of pyridine rings is 1. The molecule has 7 heteroatoms. The highest BCUT2D eigenvalue weighted by molar-refractivity contribution is 7.10. The molecule has 2 aromatic heterocycles. The summed E-state index contributed by atoms with van der Waals surface area (Å²) >= 11 is 1.65. The lowest BCUT2D eigenvalue weighted by Gasteiger charge is -2.29. The smallest absolute Gasteiger partial charge is 0.261 e. The molecule has 0 fully saturated rings. The molecule has 1 unspecified atom stereocenters. The first-order valence-electron chi connectivity index (χ1n) is 8.91. The van der Waals surface area contributed by atoms with Gasteiger partial charge < -0.3 is 10.3 Å². The molecule has 1 atom stereocenters. The van der Waals surface area contributed by atoms with Crippen LogP contribution in [0.4, 0.5) is 4.39 Å². The van der Waals surface area contributed by atoms with Crippen LogP contribution in [-0.4, -0.2) is 35.4 Å². The second-order valence-corrected chi connectivity index (χ2v) is 7.19. The van der Waals surface area contributed by atoms with Crippen LogP contribution in [0.5, 0.6) is 0 Å². The predicted molar refractivity (Wildman–Crippen MR) is 107 cm³/mol. The molecule has 3 rings (SSSR count). The summed E-state index contributed by atoms with van der Waals surface area (Å²) in [7, 11) is 0. The molecule has 142 valence electrons. The van der Waals surface area contributed by atoms with Gasteiger partial charge in [0.25, 0.3) is 11.5 Å². The van der Waals surface area contributed by atoms with Gasteiger partial charge in [-0.05, 0) is 54.2 Å². The van der Waals surface area contributed by atoms with Gasteiger partial charge in [-0.3, -0.25) is 14.5 Å². The Bertz CT molecular complexity index is 981. The van der Waals surface area contributed by atoms with Crippen LogP contribution in [-0.2, 0) is 0 Å². The molecular formula is C20H22FN3O2S. The number of carbonyl (C=O) groups excluding carboxylic acids is 1. The van der Waals surface area contributed by atoms with E-state index in [0.29, 0.717) is 17.4 Å². The van der Waals surface area contributed by atoms with E-state index in [4.69, 9.17) is 0 Å². The minimum atomic E-state index is -0.527. The van der Waals surface area contributed by atoms with Gasteiger partial charge in [-0.2, -0.15) is 0 Å². The van der Waals surface area contributed by atoms with Crippen molar-refractivity contribution in [3.8, 4) is 0 Å².